The fraction of sp³-hybridized carbons (Fsp3) is 0.294. The van der Waals surface area contributed by atoms with E-state index < -0.39 is 4.92 Å². The zero-order valence-corrected chi connectivity index (χ0v) is 13.4. The summed E-state index contributed by atoms with van der Waals surface area (Å²) in [5.74, 6) is -0.107. The second-order valence-electron chi connectivity index (χ2n) is 5.82. The fourth-order valence-corrected chi connectivity index (χ4v) is 2.79. The van der Waals surface area contributed by atoms with E-state index in [9.17, 15) is 19.7 Å². The molecule has 0 spiro atoms. The van der Waals surface area contributed by atoms with Gasteiger partial charge in [-0.1, -0.05) is 0 Å². The molecular formula is C17H17N3O5. The van der Waals surface area contributed by atoms with Gasteiger partial charge in [-0.3, -0.25) is 19.7 Å². The monoisotopic (exact) mass is 343 g/mol. The molecular weight excluding hydrogens is 326 g/mol. The van der Waals surface area contributed by atoms with Gasteiger partial charge in [0.1, 0.15) is 0 Å². The van der Waals surface area contributed by atoms with Gasteiger partial charge in [0.15, 0.2) is 5.76 Å². The van der Waals surface area contributed by atoms with Crippen LogP contribution in [0.25, 0.3) is 0 Å². The van der Waals surface area contributed by atoms with E-state index in [1.54, 1.807) is 17.0 Å². The molecule has 25 heavy (non-hydrogen) atoms. The number of benzene rings is 1. The Bertz CT molecular complexity index is 762. The van der Waals surface area contributed by atoms with Crippen LogP contribution in [0.5, 0.6) is 0 Å². The molecule has 0 bridgehead atoms. The van der Waals surface area contributed by atoms with Crippen LogP contribution in [0.2, 0.25) is 0 Å². The molecule has 2 aromatic rings. The first kappa shape index (κ1) is 16.7. The van der Waals surface area contributed by atoms with E-state index >= 15 is 0 Å². The van der Waals surface area contributed by atoms with Gasteiger partial charge in [0.25, 0.3) is 17.5 Å². The first-order valence-corrected chi connectivity index (χ1v) is 7.92. The molecule has 8 heteroatoms. The maximum atomic E-state index is 12.2. The number of hydrogen-bond donors (Lipinski definition) is 1. The standard InChI is InChI=1S/C17H17N3O5/c21-16(12-3-5-14(6-4-12)20(23)24)18-13-7-9-19(10-8-13)17(22)15-2-1-11-25-15/h1-6,11,13H,7-10H2,(H,18,21). The van der Waals surface area contributed by atoms with Crippen molar-refractivity contribution < 1.29 is 18.9 Å². The highest BCUT2D eigenvalue weighted by Gasteiger charge is 2.26. The summed E-state index contributed by atoms with van der Waals surface area (Å²) in [5, 5.41) is 13.5. The molecule has 0 atom stereocenters. The van der Waals surface area contributed by atoms with E-state index in [1.807, 2.05) is 0 Å². The summed E-state index contributed by atoms with van der Waals surface area (Å²) in [6, 6.07) is 8.74. The second kappa shape index (κ2) is 7.16. The molecule has 0 unspecified atom stereocenters. The summed E-state index contributed by atoms with van der Waals surface area (Å²) in [4.78, 5) is 36.2. The van der Waals surface area contributed by atoms with Gasteiger partial charge >= 0.3 is 0 Å². The second-order valence-corrected chi connectivity index (χ2v) is 5.82. The van der Waals surface area contributed by atoms with Crippen molar-refractivity contribution >= 4 is 17.5 Å². The normalized spacial score (nSPS) is 15.0. The van der Waals surface area contributed by atoms with E-state index in [-0.39, 0.29) is 23.5 Å². The maximum Gasteiger partial charge on any atom is 0.289 e. The Hall–Kier alpha value is -3.16. The zero-order chi connectivity index (χ0) is 17.8. The fourth-order valence-electron chi connectivity index (χ4n) is 2.79. The van der Waals surface area contributed by atoms with Gasteiger partial charge in [0.05, 0.1) is 11.2 Å². The summed E-state index contributed by atoms with van der Waals surface area (Å²) >= 11 is 0. The maximum absolute atomic E-state index is 12.2. The van der Waals surface area contributed by atoms with Gasteiger partial charge in [-0.05, 0) is 37.1 Å². The molecule has 130 valence electrons. The van der Waals surface area contributed by atoms with E-state index in [0.717, 1.165) is 0 Å². The molecule has 1 aromatic carbocycles. The summed E-state index contributed by atoms with van der Waals surface area (Å²) in [6.45, 7) is 1.06. The molecule has 1 saturated heterocycles. The number of amides is 2. The van der Waals surface area contributed by atoms with Crippen molar-refractivity contribution in [2.45, 2.75) is 18.9 Å². The average molecular weight is 343 g/mol. The van der Waals surface area contributed by atoms with Crippen LogP contribution in [-0.2, 0) is 0 Å². The van der Waals surface area contributed by atoms with Crippen LogP contribution < -0.4 is 5.32 Å². The van der Waals surface area contributed by atoms with Gasteiger partial charge in [0, 0.05) is 36.8 Å². The molecule has 1 aliphatic rings. The predicted octanol–water partition coefficient (Wildman–Crippen LogP) is 2.22. The van der Waals surface area contributed by atoms with Crippen LogP contribution in [0.3, 0.4) is 0 Å². The molecule has 0 saturated carbocycles. The molecule has 0 radical (unpaired) electrons. The Morgan fingerprint density at radius 1 is 1.16 bits per heavy atom. The SMILES string of the molecule is O=C(NC1CCN(C(=O)c2ccco2)CC1)c1ccc([N+](=O)[O-])cc1. The first-order chi connectivity index (χ1) is 12.0. The third kappa shape index (κ3) is 3.85. The molecule has 3 rings (SSSR count). The van der Waals surface area contributed by atoms with Crippen molar-refractivity contribution in [3.8, 4) is 0 Å². The lowest BCUT2D eigenvalue weighted by molar-refractivity contribution is -0.384. The van der Waals surface area contributed by atoms with Crippen LogP contribution >= 0.6 is 0 Å². The lowest BCUT2D eigenvalue weighted by Crippen LogP contribution is -2.46. The summed E-state index contributed by atoms with van der Waals surface area (Å²) in [6.07, 6.45) is 2.75. The Balaban J connectivity index is 1.52. The van der Waals surface area contributed by atoms with Crippen LogP contribution in [0.4, 0.5) is 5.69 Å². The Kier molecular flexibility index (Phi) is 4.78. The number of nitrogens with one attached hydrogen (secondary N) is 1. The van der Waals surface area contributed by atoms with Crippen molar-refractivity contribution in [1.82, 2.24) is 10.2 Å². The lowest BCUT2D eigenvalue weighted by Gasteiger charge is -2.31. The van der Waals surface area contributed by atoms with E-state index in [2.05, 4.69) is 5.32 Å². The highest BCUT2D eigenvalue weighted by molar-refractivity contribution is 5.94. The predicted molar refractivity (Wildman–Crippen MR) is 88.2 cm³/mol. The van der Waals surface area contributed by atoms with E-state index in [1.165, 1.54) is 30.5 Å². The molecule has 1 aliphatic heterocycles. The molecule has 1 fully saturated rings. The van der Waals surface area contributed by atoms with Gasteiger partial charge < -0.3 is 14.6 Å². The van der Waals surface area contributed by atoms with Crippen molar-refractivity contribution in [2.24, 2.45) is 0 Å². The van der Waals surface area contributed by atoms with Gasteiger partial charge in [-0.2, -0.15) is 0 Å². The number of hydrogen-bond acceptors (Lipinski definition) is 5. The smallest absolute Gasteiger partial charge is 0.289 e. The third-order valence-corrected chi connectivity index (χ3v) is 4.19. The number of rotatable bonds is 4. The largest absolute Gasteiger partial charge is 0.459 e. The molecule has 1 aromatic heterocycles. The molecule has 8 nitrogen and oxygen atoms in total. The van der Waals surface area contributed by atoms with Crippen LogP contribution in [0.15, 0.2) is 47.1 Å². The highest BCUT2D eigenvalue weighted by atomic mass is 16.6. The number of nitro groups is 1. The van der Waals surface area contributed by atoms with Crippen molar-refractivity contribution in [1.29, 1.82) is 0 Å². The van der Waals surface area contributed by atoms with Gasteiger partial charge in [0.2, 0.25) is 0 Å². The average Bonchev–Trinajstić information content (AvgIpc) is 3.16. The number of likely N-dealkylation sites (tertiary alicyclic amines) is 1. The number of non-ortho nitro benzene ring substituents is 1. The third-order valence-electron chi connectivity index (χ3n) is 4.19. The summed E-state index contributed by atoms with van der Waals surface area (Å²) in [7, 11) is 0. The van der Waals surface area contributed by atoms with Crippen molar-refractivity contribution in [3.63, 3.8) is 0 Å². The Labute approximate surface area is 143 Å². The van der Waals surface area contributed by atoms with Crippen molar-refractivity contribution in [3.05, 3.63) is 64.1 Å². The number of nitrogens with zero attached hydrogens (tertiary/aromatic N) is 2. The topological polar surface area (TPSA) is 106 Å². The number of piperidine rings is 1. The summed E-state index contributed by atoms with van der Waals surface area (Å²) < 4.78 is 5.12. The Morgan fingerprint density at radius 3 is 2.40 bits per heavy atom. The molecule has 2 heterocycles. The van der Waals surface area contributed by atoms with Crippen molar-refractivity contribution in [2.75, 3.05) is 13.1 Å². The highest BCUT2D eigenvalue weighted by Crippen LogP contribution is 2.16. The zero-order valence-electron chi connectivity index (χ0n) is 13.4. The van der Waals surface area contributed by atoms with E-state index in [0.29, 0.717) is 37.3 Å². The minimum absolute atomic E-state index is 0.0386. The van der Waals surface area contributed by atoms with Crippen LogP contribution in [0.1, 0.15) is 33.8 Å². The summed E-state index contributed by atoms with van der Waals surface area (Å²) in [5.41, 5.74) is 0.320. The number of furan rings is 1. The molecule has 0 aliphatic carbocycles. The molecule has 1 N–H and O–H groups in total. The first-order valence-electron chi connectivity index (χ1n) is 7.92. The Morgan fingerprint density at radius 2 is 1.84 bits per heavy atom. The minimum Gasteiger partial charge on any atom is -0.459 e. The number of carbonyl (C=O) groups excluding carboxylic acids is 2. The quantitative estimate of drug-likeness (QED) is 0.677. The van der Waals surface area contributed by atoms with Gasteiger partial charge in [-0.15, -0.1) is 0 Å². The van der Waals surface area contributed by atoms with Gasteiger partial charge in [-0.25, -0.2) is 0 Å². The van der Waals surface area contributed by atoms with Crippen LogP contribution in [0, 0.1) is 10.1 Å². The molecule has 2 amide bonds. The number of nitro benzene ring substituents is 1. The lowest BCUT2D eigenvalue weighted by atomic mass is 10.0. The van der Waals surface area contributed by atoms with Crippen LogP contribution in [-0.4, -0.2) is 40.8 Å². The minimum atomic E-state index is -0.507. The van der Waals surface area contributed by atoms with E-state index in [4.69, 9.17) is 4.42 Å². The number of carbonyl (C=O) groups is 2.